The summed E-state index contributed by atoms with van der Waals surface area (Å²) in [4.78, 5) is 39.6. The Kier molecular flexibility index (Phi) is 7.05. The highest BCUT2D eigenvalue weighted by Gasteiger charge is 2.57. The standard InChI is InChI=1S/C28H29FN6O4S/c1-27(2,3)28(24(30)36)14-19(7-9-35(28)26(37)38)39-22-13-21-16(11-20(22)23-31-8-10-40-23)15-32-25(34-21)33-18-6-4-5-17(29)12-18/h4-6,8,10-13,15,19H,7,9,14H2,1-3H3,(H2,30,36)(H,37,38)(H,32,33,34)/t19-,28-/m0/s1. The van der Waals surface area contributed by atoms with Crippen molar-refractivity contribution in [2.45, 2.75) is 45.3 Å². The molecule has 5 rings (SSSR count). The number of carboxylic acid groups (broad SMARTS) is 1. The Balaban J connectivity index is 1.53. The van der Waals surface area contributed by atoms with Gasteiger partial charge in [0.2, 0.25) is 11.9 Å². The third-order valence-corrected chi connectivity index (χ3v) is 8.06. The second-order valence-electron chi connectivity index (χ2n) is 10.7. The van der Waals surface area contributed by atoms with Crippen LogP contribution in [0.5, 0.6) is 5.75 Å². The van der Waals surface area contributed by atoms with E-state index in [0.717, 1.165) is 20.9 Å². The van der Waals surface area contributed by atoms with Crippen LogP contribution < -0.4 is 15.8 Å². The fourth-order valence-electron chi connectivity index (χ4n) is 5.30. The quantitative estimate of drug-likeness (QED) is 0.281. The molecule has 4 N–H and O–H groups in total. The van der Waals surface area contributed by atoms with Crippen LogP contribution in [0.1, 0.15) is 33.6 Å². The lowest BCUT2D eigenvalue weighted by Crippen LogP contribution is -2.70. The number of ether oxygens (including phenoxy) is 1. The van der Waals surface area contributed by atoms with Crippen molar-refractivity contribution in [3.05, 3.63) is 60.0 Å². The van der Waals surface area contributed by atoms with Crippen LogP contribution in [0, 0.1) is 11.2 Å². The molecule has 2 aromatic heterocycles. The zero-order chi connectivity index (χ0) is 28.7. The first-order valence-corrected chi connectivity index (χ1v) is 13.6. The first kappa shape index (κ1) is 27.3. The molecule has 0 radical (unpaired) electrons. The number of hydrogen-bond acceptors (Lipinski definition) is 8. The largest absolute Gasteiger partial charge is 0.489 e. The van der Waals surface area contributed by atoms with Crippen LogP contribution in [0.25, 0.3) is 21.5 Å². The second-order valence-corrected chi connectivity index (χ2v) is 11.6. The number of benzene rings is 2. The van der Waals surface area contributed by atoms with Gasteiger partial charge in [0.25, 0.3) is 0 Å². The minimum Gasteiger partial charge on any atom is -0.489 e. The van der Waals surface area contributed by atoms with Gasteiger partial charge in [-0.25, -0.2) is 24.1 Å². The van der Waals surface area contributed by atoms with Gasteiger partial charge in [0.15, 0.2) is 0 Å². The third kappa shape index (κ3) is 5.02. The van der Waals surface area contributed by atoms with Crippen LogP contribution in [-0.4, -0.2) is 55.1 Å². The van der Waals surface area contributed by atoms with E-state index in [0.29, 0.717) is 23.4 Å². The average molecular weight is 565 g/mol. The number of nitrogens with zero attached hydrogens (tertiary/aromatic N) is 4. The molecule has 3 heterocycles. The topological polar surface area (TPSA) is 144 Å². The molecule has 10 nitrogen and oxygen atoms in total. The monoisotopic (exact) mass is 564 g/mol. The van der Waals surface area contributed by atoms with Crippen molar-refractivity contribution in [3.8, 4) is 16.3 Å². The molecule has 40 heavy (non-hydrogen) atoms. The molecule has 2 aromatic carbocycles. The fourth-order valence-corrected chi connectivity index (χ4v) is 5.95. The van der Waals surface area contributed by atoms with E-state index in [4.69, 9.17) is 10.5 Å². The summed E-state index contributed by atoms with van der Waals surface area (Å²) in [6.45, 7) is 5.50. The number of thiazole rings is 1. The third-order valence-electron chi connectivity index (χ3n) is 7.26. The Hall–Kier alpha value is -4.32. The molecule has 1 fully saturated rings. The molecular weight excluding hydrogens is 535 g/mol. The Labute approximate surface area is 234 Å². The van der Waals surface area contributed by atoms with Crippen molar-refractivity contribution in [1.82, 2.24) is 19.9 Å². The van der Waals surface area contributed by atoms with Crippen molar-refractivity contribution in [1.29, 1.82) is 0 Å². The van der Waals surface area contributed by atoms with Crippen molar-refractivity contribution >= 4 is 45.9 Å². The number of halogens is 1. The number of primary amides is 1. The number of rotatable bonds is 6. The normalized spacial score (nSPS) is 19.4. The van der Waals surface area contributed by atoms with Crippen LogP contribution in [0.3, 0.4) is 0 Å². The number of nitrogens with one attached hydrogen (secondary N) is 1. The summed E-state index contributed by atoms with van der Waals surface area (Å²) >= 11 is 1.44. The SMILES string of the molecule is CC(C)(C)[C@@]1(C(N)=O)C[C@@H](Oc2cc3nc(Nc4cccc(F)c4)ncc3cc2-c2nccs2)CCN1C(=O)O. The average Bonchev–Trinajstić information content (AvgIpc) is 3.42. The summed E-state index contributed by atoms with van der Waals surface area (Å²) in [7, 11) is 0. The van der Waals surface area contributed by atoms with Gasteiger partial charge in [0, 0.05) is 54.3 Å². The highest BCUT2D eigenvalue weighted by molar-refractivity contribution is 7.13. The molecule has 0 spiro atoms. The zero-order valence-electron chi connectivity index (χ0n) is 22.2. The van der Waals surface area contributed by atoms with Crippen LogP contribution in [-0.2, 0) is 4.79 Å². The predicted octanol–water partition coefficient (Wildman–Crippen LogP) is 5.43. The van der Waals surface area contributed by atoms with Gasteiger partial charge in [-0.15, -0.1) is 11.3 Å². The number of fused-ring (bicyclic) bond motifs is 1. The molecule has 4 aromatic rings. The van der Waals surface area contributed by atoms with Gasteiger partial charge in [-0.2, -0.15) is 0 Å². The first-order chi connectivity index (χ1) is 19.0. The number of carbonyl (C=O) groups is 2. The lowest BCUT2D eigenvalue weighted by Gasteiger charge is -2.52. The van der Waals surface area contributed by atoms with Gasteiger partial charge in [0.05, 0.1) is 11.1 Å². The predicted molar refractivity (Wildman–Crippen MR) is 150 cm³/mol. The number of piperidine rings is 1. The number of amides is 2. The number of carbonyl (C=O) groups excluding carboxylic acids is 1. The summed E-state index contributed by atoms with van der Waals surface area (Å²) in [5.74, 6) is -0.332. The first-order valence-electron chi connectivity index (χ1n) is 12.7. The highest BCUT2D eigenvalue weighted by atomic mass is 32.1. The number of aromatic nitrogens is 3. The maximum atomic E-state index is 13.7. The lowest BCUT2D eigenvalue weighted by molar-refractivity contribution is -0.144. The van der Waals surface area contributed by atoms with Gasteiger partial charge in [-0.1, -0.05) is 26.8 Å². The molecule has 1 aliphatic heterocycles. The smallest absolute Gasteiger partial charge is 0.408 e. The maximum Gasteiger partial charge on any atom is 0.408 e. The van der Waals surface area contributed by atoms with Gasteiger partial charge in [-0.3, -0.25) is 9.69 Å². The molecule has 2 atom stereocenters. The molecule has 0 bridgehead atoms. The summed E-state index contributed by atoms with van der Waals surface area (Å²) in [6, 6.07) is 9.65. The Morgan fingerprint density at radius 1 is 1.25 bits per heavy atom. The molecule has 0 saturated carbocycles. The maximum absolute atomic E-state index is 13.7. The number of nitrogens with two attached hydrogens (primary N) is 1. The van der Waals surface area contributed by atoms with E-state index in [-0.39, 0.29) is 24.7 Å². The van der Waals surface area contributed by atoms with E-state index in [1.165, 1.54) is 23.5 Å². The van der Waals surface area contributed by atoms with E-state index in [1.54, 1.807) is 51.4 Å². The fraction of sp³-hybridized carbons (Fsp3) is 0.321. The Bertz CT molecular complexity index is 1580. The molecule has 1 aliphatic rings. The van der Waals surface area contributed by atoms with Gasteiger partial charge in [0.1, 0.15) is 28.2 Å². The van der Waals surface area contributed by atoms with Gasteiger partial charge >= 0.3 is 6.09 Å². The highest BCUT2D eigenvalue weighted by Crippen LogP contribution is 2.45. The lowest BCUT2D eigenvalue weighted by atomic mass is 9.66. The van der Waals surface area contributed by atoms with Crippen molar-refractivity contribution in [3.63, 3.8) is 0 Å². The van der Waals surface area contributed by atoms with Crippen LogP contribution in [0.4, 0.5) is 20.8 Å². The van der Waals surface area contributed by atoms with E-state index in [1.807, 2.05) is 11.4 Å². The van der Waals surface area contributed by atoms with Gasteiger partial charge in [-0.05, 0) is 29.7 Å². The van der Waals surface area contributed by atoms with Crippen molar-refractivity contribution in [2.75, 3.05) is 11.9 Å². The molecular formula is C28H29FN6O4S. The molecule has 0 aliphatic carbocycles. The number of likely N-dealkylation sites (tertiary alicyclic amines) is 1. The zero-order valence-corrected chi connectivity index (χ0v) is 23.0. The van der Waals surface area contributed by atoms with Crippen LogP contribution in [0.2, 0.25) is 0 Å². The Morgan fingerprint density at radius 3 is 2.70 bits per heavy atom. The van der Waals surface area contributed by atoms with Gasteiger partial charge < -0.3 is 20.9 Å². The number of hydrogen-bond donors (Lipinski definition) is 3. The van der Waals surface area contributed by atoms with E-state index < -0.39 is 29.1 Å². The minimum atomic E-state index is -1.47. The van der Waals surface area contributed by atoms with Crippen LogP contribution >= 0.6 is 11.3 Å². The van der Waals surface area contributed by atoms with Crippen LogP contribution in [0.15, 0.2) is 54.2 Å². The molecule has 1 saturated heterocycles. The Morgan fingerprint density at radius 2 is 2.05 bits per heavy atom. The summed E-state index contributed by atoms with van der Waals surface area (Å²) in [5.41, 5.74) is 5.43. The molecule has 0 unspecified atom stereocenters. The minimum absolute atomic E-state index is 0.0869. The molecule has 2 amide bonds. The second kappa shape index (κ2) is 10.3. The van der Waals surface area contributed by atoms with Crippen molar-refractivity contribution < 1.29 is 23.8 Å². The molecule has 208 valence electrons. The summed E-state index contributed by atoms with van der Waals surface area (Å²) in [6.07, 6.45) is 2.10. The van der Waals surface area contributed by atoms with E-state index >= 15 is 0 Å². The van der Waals surface area contributed by atoms with E-state index in [9.17, 15) is 19.1 Å². The van der Waals surface area contributed by atoms with E-state index in [2.05, 4.69) is 20.3 Å². The number of anilines is 2. The van der Waals surface area contributed by atoms with Crippen molar-refractivity contribution in [2.24, 2.45) is 11.1 Å². The summed E-state index contributed by atoms with van der Waals surface area (Å²) < 4.78 is 20.2. The summed E-state index contributed by atoms with van der Waals surface area (Å²) in [5, 5.41) is 16.3. The molecule has 12 heteroatoms.